The van der Waals surface area contributed by atoms with E-state index in [1.54, 1.807) is 18.3 Å². The number of alkyl carbamates (subject to hydrolysis) is 1. The topological polar surface area (TPSA) is 80.4 Å². The van der Waals surface area contributed by atoms with E-state index in [1.165, 1.54) is 7.11 Å². The minimum Gasteiger partial charge on any atom is -0.465 e. The average Bonchev–Trinajstić information content (AvgIpc) is 2.96. The van der Waals surface area contributed by atoms with Crippen LogP contribution in [0.1, 0.15) is 36.7 Å². The number of esters is 1. The highest BCUT2D eigenvalue weighted by Crippen LogP contribution is 2.21. The molecule has 1 heterocycles. The number of aromatic amines is 1. The second kappa shape index (κ2) is 7.21. The Morgan fingerprint density at radius 1 is 1.29 bits per heavy atom. The van der Waals surface area contributed by atoms with Gasteiger partial charge < -0.3 is 19.8 Å². The highest BCUT2D eigenvalue weighted by Gasteiger charge is 2.15. The lowest BCUT2D eigenvalue weighted by atomic mass is 10.1. The van der Waals surface area contributed by atoms with Gasteiger partial charge in [0.05, 0.1) is 12.7 Å². The van der Waals surface area contributed by atoms with Gasteiger partial charge in [-0.1, -0.05) is 12.2 Å². The molecule has 128 valence electrons. The zero-order valence-electron chi connectivity index (χ0n) is 14.3. The van der Waals surface area contributed by atoms with E-state index in [9.17, 15) is 9.59 Å². The number of rotatable bonds is 4. The second-order valence-corrected chi connectivity index (χ2v) is 6.28. The van der Waals surface area contributed by atoms with Crippen molar-refractivity contribution >= 4 is 29.0 Å². The first-order chi connectivity index (χ1) is 11.3. The van der Waals surface area contributed by atoms with Crippen molar-refractivity contribution in [2.24, 2.45) is 0 Å². The maximum Gasteiger partial charge on any atom is 0.407 e. The molecule has 6 nitrogen and oxygen atoms in total. The molecule has 2 N–H and O–H groups in total. The largest absolute Gasteiger partial charge is 0.465 e. The summed E-state index contributed by atoms with van der Waals surface area (Å²) in [4.78, 5) is 26.5. The minimum atomic E-state index is -0.526. The Morgan fingerprint density at radius 3 is 2.71 bits per heavy atom. The molecule has 0 aliphatic heterocycles. The third-order valence-electron chi connectivity index (χ3n) is 3.17. The second-order valence-electron chi connectivity index (χ2n) is 6.28. The molecule has 0 bridgehead atoms. The first-order valence-electron chi connectivity index (χ1n) is 7.63. The summed E-state index contributed by atoms with van der Waals surface area (Å²) in [5.74, 6) is -0.387. The number of nitrogens with one attached hydrogen (secondary N) is 2. The quantitative estimate of drug-likeness (QED) is 0.841. The first-order valence-corrected chi connectivity index (χ1v) is 7.63. The minimum absolute atomic E-state index is 0.325. The summed E-state index contributed by atoms with van der Waals surface area (Å²) in [6.45, 7) is 5.75. The van der Waals surface area contributed by atoms with Crippen LogP contribution in [0.15, 0.2) is 30.5 Å². The monoisotopic (exact) mass is 330 g/mol. The number of carbonyl (C=O) groups is 2. The number of hydrogen-bond donors (Lipinski definition) is 2. The Kier molecular flexibility index (Phi) is 5.28. The Morgan fingerprint density at radius 2 is 2.04 bits per heavy atom. The fourth-order valence-corrected chi connectivity index (χ4v) is 2.22. The van der Waals surface area contributed by atoms with Gasteiger partial charge in [-0.3, -0.25) is 0 Å². The van der Waals surface area contributed by atoms with Gasteiger partial charge in [-0.05, 0) is 44.5 Å². The molecule has 0 radical (unpaired) electrons. The molecule has 0 unspecified atom stereocenters. The molecular weight excluding hydrogens is 308 g/mol. The molecule has 0 fully saturated rings. The summed E-state index contributed by atoms with van der Waals surface area (Å²) >= 11 is 0. The van der Waals surface area contributed by atoms with Gasteiger partial charge in [0.2, 0.25) is 0 Å². The van der Waals surface area contributed by atoms with Gasteiger partial charge in [-0.15, -0.1) is 0 Å². The number of ether oxygens (including phenoxy) is 2. The molecule has 1 aromatic carbocycles. The molecule has 24 heavy (non-hydrogen) atoms. The number of benzene rings is 1. The Labute approximate surface area is 140 Å². The van der Waals surface area contributed by atoms with Crippen LogP contribution >= 0.6 is 0 Å². The number of aromatic nitrogens is 1. The van der Waals surface area contributed by atoms with Crippen LogP contribution in [0.25, 0.3) is 17.0 Å². The van der Waals surface area contributed by atoms with Gasteiger partial charge in [0.15, 0.2) is 0 Å². The average molecular weight is 330 g/mol. The van der Waals surface area contributed by atoms with Crippen LogP contribution in [-0.2, 0) is 9.47 Å². The lowest BCUT2D eigenvalue weighted by molar-refractivity contribution is 0.0532. The predicted molar refractivity (Wildman–Crippen MR) is 92.9 cm³/mol. The van der Waals surface area contributed by atoms with Crippen LogP contribution in [0.5, 0.6) is 0 Å². The number of methoxy groups -OCH3 is 1. The van der Waals surface area contributed by atoms with E-state index < -0.39 is 11.7 Å². The fourth-order valence-electron chi connectivity index (χ4n) is 2.22. The van der Waals surface area contributed by atoms with E-state index in [0.717, 1.165) is 16.5 Å². The van der Waals surface area contributed by atoms with E-state index in [4.69, 9.17) is 9.47 Å². The third-order valence-corrected chi connectivity index (χ3v) is 3.17. The first kappa shape index (κ1) is 17.6. The number of hydrogen-bond acceptors (Lipinski definition) is 4. The van der Waals surface area contributed by atoms with E-state index in [1.807, 2.05) is 39.0 Å². The number of H-pyrrole nitrogens is 1. The van der Waals surface area contributed by atoms with Crippen LogP contribution < -0.4 is 5.32 Å². The molecule has 1 aromatic heterocycles. The van der Waals surface area contributed by atoms with Crippen molar-refractivity contribution in [2.75, 3.05) is 13.7 Å². The van der Waals surface area contributed by atoms with Crippen molar-refractivity contribution in [3.63, 3.8) is 0 Å². The van der Waals surface area contributed by atoms with Gasteiger partial charge in [0.25, 0.3) is 0 Å². The molecule has 0 aliphatic rings. The summed E-state index contributed by atoms with van der Waals surface area (Å²) in [6, 6.07) is 5.51. The number of amides is 1. The van der Waals surface area contributed by atoms with Crippen LogP contribution in [0.2, 0.25) is 0 Å². The summed E-state index contributed by atoms with van der Waals surface area (Å²) in [5.41, 5.74) is 1.65. The van der Waals surface area contributed by atoms with Crippen molar-refractivity contribution in [2.45, 2.75) is 26.4 Å². The summed E-state index contributed by atoms with van der Waals surface area (Å²) in [6.07, 6.45) is 4.91. The zero-order chi connectivity index (χ0) is 17.7. The van der Waals surface area contributed by atoms with Crippen molar-refractivity contribution < 1.29 is 19.1 Å². The smallest absolute Gasteiger partial charge is 0.407 e. The summed E-state index contributed by atoms with van der Waals surface area (Å²) in [7, 11) is 1.36. The fraction of sp³-hybridized carbons (Fsp3) is 0.333. The normalized spacial score (nSPS) is 11.7. The van der Waals surface area contributed by atoms with E-state index in [-0.39, 0.29) is 5.97 Å². The van der Waals surface area contributed by atoms with Gasteiger partial charge in [0.1, 0.15) is 5.60 Å². The lowest BCUT2D eigenvalue weighted by Gasteiger charge is -2.19. The third kappa shape index (κ3) is 4.62. The number of carbonyl (C=O) groups excluding carboxylic acids is 2. The molecule has 6 heteroatoms. The van der Waals surface area contributed by atoms with Crippen molar-refractivity contribution in [3.8, 4) is 0 Å². The van der Waals surface area contributed by atoms with Gasteiger partial charge in [-0.2, -0.15) is 0 Å². The van der Waals surface area contributed by atoms with Crippen LogP contribution in [0, 0.1) is 0 Å². The van der Waals surface area contributed by atoms with E-state index >= 15 is 0 Å². The molecule has 0 aliphatic carbocycles. The molecular formula is C18H22N2O4. The van der Waals surface area contributed by atoms with Crippen molar-refractivity contribution in [1.82, 2.24) is 10.3 Å². The van der Waals surface area contributed by atoms with Gasteiger partial charge in [-0.25, -0.2) is 9.59 Å². The summed E-state index contributed by atoms with van der Waals surface area (Å²) in [5, 5.41) is 3.45. The Bertz CT molecular complexity index is 769. The molecule has 0 saturated heterocycles. The highest BCUT2D eigenvalue weighted by molar-refractivity contribution is 6.04. The van der Waals surface area contributed by atoms with Crippen molar-refractivity contribution in [1.29, 1.82) is 0 Å². The Balaban J connectivity index is 2.07. The molecule has 1 amide bonds. The predicted octanol–water partition coefficient (Wildman–Crippen LogP) is 3.49. The maximum atomic E-state index is 11.9. The van der Waals surface area contributed by atoms with E-state index in [0.29, 0.717) is 12.1 Å². The van der Waals surface area contributed by atoms with Crippen LogP contribution in [-0.4, -0.2) is 36.3 Å². The van der Waals surface area contributed by atoms with Crippen molar-refractivity contribution in [3.05, 3.63) is 41.6 Å². The standard InChI is InChI=1S/C18H22N2O4/c1-18(2,3)24-17(22)20-8-5-6-12-10-14(16(21)23-4)13-7-9-19-15(13)11-12/h5-7,9-11,19H,8H2,1-4H3,(H,20,22). The lowest BCUT2D eigenvalue weighted by Crippen LogP contribution is -2.32. The maximum absolute atomic E-state index is 11.9. The molecule has 0 saturated carbocycles. The summed E-state index contributed by atoms with van der Waals surface area (Å²) < 4.78 is 9.97. The van der Waals surface area contributed by atoms with Gasteiger partial charge in [0, 0.05) is 23.6 Å². The highest BCUT2D eigenvalue weighted by atomic mass is 16.6. The number of fused-ring (bicyclic) bond motifs is 1. The van der Waals surface area contributed by atoms with Crippen LogP contribution in [0.4, 0.5) is 4.79 Å². The van der Waals surface area contributed by atoms with E-state index in [2.05, 4.69) is 10.3 Å². The zero-order valence-corrected chi connectivity index (χ0v) is 14.3. The Hall–Kier alpha value is -2.76. The van der Waals surface area contributed by atoms with Gasteiger partial charge >= 0.3 is 12.1 Å². The molecule has 2 aromatic rings. The molecule has 0 atom stereocenters. The molecule has 0 spiro atoms. The molecule has 2 rings (SSSR count). The van der Waals surface area contributed by atoms with Crippen LogP contribution in [0.3, 0.4) is 0 Å². The SMILES string of the molecule is COC(=O)c1cc(C=CCNC(=O)OC(C)(C)C)cc2[nH]ccc12.